The van der Waals surface area contributed by atoms with Gasteiger partial charge in [0.2, 0.25) is 0 Å². The summed E-state index contributed by atoms with van der Waals surface area (Å²) in [6.45, 7) is 0. The van der Waals surface area contributed by atoms with E-state index in [0.717, 1.165) is 17.5 Å². The Morgan fingerprint density at radius 2 is 1.83 bits per heavy atom. The van der Waals surface area contributed by atoms with Crippen molar-refractivity contribution in [3.8, 4) is 0 Å². The van der Waals surface area contributed by atoms with Crippen LogP contribution in [0.25, 0.3) is 0 Å². The van der Waals surface area contributed by atoms with Crippen molar-refractivity contribution in [2.45, 2.75) is 31.7 Å². The quantitative estimate of drug-likeness (QED) is 0.694. The van der Waals surface area contributed by atoms with Crippen LogP contribution in [0.1, 0.15) is 36.0 Å². The lowest BCUT2D eigenvalue weighted by atomic mass is 10.1. The fourth-order valence-electron chi connectivity index (χ4n) is 2.58. The molecule has 0 aromatic heterocycles. The van der Waals surface area contributed by atoms with Crippen molar-refractivity contribution in [3.63, 3.8) is 0 Å². The topological polar surface area (TPSA) is 81.1 Å². The van der Waals surface area contributed by atoms with Gasteiger partial charge in [-0.25, -0.2) is 0 Å². The van der Waals surface area contributed by atoms with E-state index in [-0.39, 0.29) is 0 Å². The van der Waals surface area contributed by atoms with Crippen LogP contribution in [-0.4, -0.2) is 11.9 Å². The smallest absolute Gasteiger partial charge is 0.250 e. The third-order valence-electron chi connectivity index (χ3n) is 3.91. The lowest BCUT2D eigenvalue weighted by molar-refractivity contribution is 0.100. The first-order valence-corrected chi connectivity index (χ1v) is 6.61. The minimum absolute atomic E-state index is 0.408. The summed E-state index contributed by atoms with van der Waals surface area (Å²) in [5.41, 5.74) is 12.9. The molecule has 2 aliphatic carbocycles. The summed E-state index contributed by atoms with van der Waals surface area (Å²) < 4.78 is 0. The lowest BCUT2D eigenvalue weighted by Crippen LogP contribution is -2.24. The number of anilines is 2. The van der Waals surface area contributed by atoms with Crippen molar-refractivity contribution < 1.29 is 4.79 Å². The molecule has 0 aliphatic heterocycles. The van der Waals surface area contributed by atoms with Gasteiger partial charge in [-0.1, -0.05) is 0 Å². The van der Waals surface area contributed by atoms with Crippen LogP contribution in [0.2, 0.25) is 0 Å². The third-order valence-corrected chi connectivity index (χ3v) is 3.91. The summed E-state index contributed by atoms with van der Waals surface area (Å²) in [4.78, 5) is 11.3. The van der Waals surface area contributed by atoms with E-state index in [0.29, 0.717) is 17.3 Å². The molecule has 2 fully saturated rings. The SMILES string of the molecule is NC(=O)c1cc(NC(C2CC2)C2CC2)ccc1N. The maximum absolute atomic E-state index is 11.3. The number of carbonyl (C=O) groups is 1. The second-order valence-electron chi connectivity index (χ2n) is 5.51. The number of amides is 1. The first-order valence-electron chi connectivity index (χ1n) is 6.61. The first-order chi connectivity index (χ1) is 8.65. The summed E-state index contributed by atoms with van der Waals surface area (Å²) in [7, 11) is 0. The molecule has 2 saturated carbocycles. The predicted molar refractivity (Wildman–Crippen MR) is 72.2 cm³/mol. The average molecular weight is 245 g/mol. The zero-order valence-electron chi connectivity index (χ0n) is 10.4. The Morgan fingerprint density at radius 1 is 1.22 bits per heavy atom. The molecule has 1 aromatic carbocycles. The van der Waals surface area contributed by atoms with Gasteiger partial charge < -0.3 is 16.8 Å². The highest BCUT2D eigenvalue weighted by molar-refractivity contribution is 5.98. The number of hydrogen-bond acceptors (Lipinski definition) is 3. The molecule has 0 atom stereocenters. The largest absolute Gasteiger partial charge is 0.398 e. The van der Waals surface area contributed by atoms with Crippen molar-refractivity contribution in [3.05, 3.63) is 23.8 Å². The van der Waals surface area contributed by atoms with E-state index in [1.807, 2.05) is 6.07 Å². The number of carbonyl (C=O) groups excluding carboxylic acids is 1. The van der Waals surface area contributed by atoms with E-state index in [1.54, 1.807) is 12.1 Å². The molecular formula is C14H19N3O. The molecule has 1 aromatic rings. The van der Waals surface area contributed by atoms with Crippen LogP contribution in [0.3, 0.4) is 0 Å². The molecule has 4 heteroatoms. The van der Waals surface area contributed by atoms with Crippen molar-refractivity contribution in [1.82, 2.24) is 0 Å². The van der Waals surface area contributed by atoms with Gasteiger partial charge in [0.05, 0.1) is 5.56 Å². The standard InChI is InChI=1S/C14H19N3O/c15-12-6-5-10(7-11(12)14(16)18)17-13(8-1-2-8)9-3-4-9/h5-9,13,17H,1-4,15H2,(H2,16,18). The molecule has 1 amide bonds. The third kappa shape index (κ3) is 2.28. The van der Waals surface area contributed by atoms with Gasteiger partial charge in [-0.3, -0.25) is 4.79 Å². The van der Waals surface area contributed by atoms with Crippen LogP contribution in [0.5, 0.6) is 0 Å². The number of primary amides is 1. The molecule has 0 bridgehead atoms. The second-order valence-corrected chi connectivity index (χ2v) is 5.51. The minimum atomic E-state index is -0.467. The Labute approximate surface area is 107 Å². The molecule has 3 rings (SSSR count). The van der Waals surface area contributed by atoms with Crippen LogP contribution in [0.15, 0.2) is 18.2 Å². The maximum Gasteiger partial charge on any atom is 0.250 e. The van der Waals surface area contributed by atoms with Gasteiger partial charge in [-0.2, -0.15) is 0 Å². The summed E-state index contributed by atoms with van der Waals surface area (Å²) in [5.74, 6) is 1.16. The molecule has 0 radical (unpaired) electrons. The lowest BCUT2D eigenvalue weighted by Gasteiger charge is -2.19. The zero-order valence-corrected chi connectivity index (χ0v) is 10.4. The number of nitrogen functional groups attached to an aromatic ring is 1. The molecular weight excluding hydrogens is 226 g/mol. The van der Waals surface area contributed by atoms with Gasteiger partial charge in [-0.15, -0.1) is 0 Å². The molecule has 2 aliphatic rings. The Kier molecular flexibility index (Phi) is 2.65. The molecule has 5 N–H and O–H groups in total. The summed E-state index contributed by atoms with van der Waals surface area (Å²) in [6, 6.07) is 6.02. The highest BCUT2D eigenvalue weighted by atomic mass is 16.1. The van der Waals surface area contributed by atoms with Crippen LogP contribution in [0.4, 0.5) is 11.4 Å². The van der Waals surface area contributed by atoms with Crippen molar-refractivity contribution in [2.24, 2.45) is 17.6 Å². The molecule has 96 valence electrons. The average Bonchev–Trinajstić information content (AvgIpc) is 3.20. The van der Waals surface area contributed by atoms with E-state index in [2.05, 4.69) is 5.32 Å². The second kappa shape index (κ2) is 4.19. The number of nitrogens with two attached hydrogens (primary N) is 2. The summed E-state index contributed by atoms with van der Waals surface area (Å²) in [6.07, 6.45) is 5.30. The zero-order chi connectivity index (χ0) is 12.7. The van der Waals surface area contributed by atoms with Gasteiger partial charge in [0.1, 0.15) is 0 Å². The van der Waals surface area contributed by atoms with E-state index < -0.39 is 5.91 Å². The van der Waals surface area contributed by atoms with Gasteiger partial charge >= 0.3 is 0 Å². The molecule has 0 saturated heterocycles. The predicted octanol–water partition coefficient (Wildman–Crippen LogP) is 1.97. The Bertz CT molecular complexity index is 466. The fourth-order valence-corrected chi connectivity index (χ4v) is 2.58. The molecule has 4 nitrogen and oxygen atoms in total. The highest BCUT2D eigenvalue weighted by Crippen LogP contribution is 2.45. The minimum Gasteiger partial charge on any atom is -0.398 e. The van der Waals surface area contributed by atoms with E-state index in [9.17, 15) is 4.79 Å². The first kappa shape index (κ1) is 11.4. The molecule has 0 spiro atoms. The molecule has 0 unspecified atom stereocenters. The number of rotatable bonds is 5. The van der Waals surface area contributed by atoms with Gasteiger partial charge in [0, 0.05) is 17.4 Å². The van der Waals surface area contributed by atoms with Crippen molar-refractivity contribution >= 4 is 17.3 Å². The molecule has 0 heterocycles. The number of hydrogen-bond donors (Lipinski definition) is 3. The van der Waals surface area contributed by atoms with E-state index in [4.69, 9.17) is 11.5 Å². The normalized spacial score (nSPS) is 18.9. The number of benzene rings is 1. The fraction of sp³-hybridized carbons (Fsp3) is 0.500. The van der Waals surface area contributed by atoms with E-state index in [1.165, 1.54) is 25.7 Å². The van der Waals surface area contributed by atoms with Crippen molar-refractivity contribution in [1.29, 1.82) is 0 Å². The number of nitrogens with one attached hydrogen (secondary N) is 1. The monoisotopic (exact) mass is 245 g/mol. The van der Waals surface area contributed by atoms with Crippen LogP contribution >= 0.6 is 0 Å². The summed E-state index contributed by atoms with van der Waals surface area (Å²) >= 11 is 0. The van der Waals surface area contributed by atoms with E-state index >= 15 is 0 Å². The van der Waals surface area contributed by atoms with Gasteiger partial charge in [0.15, 0.2) is 0 Å². The Hall–Kier alpha value is -1.71. The van der Waals surface area contributed by atoms with Gasteiger partial charge in [-0.05, 0) is 55.7 Å². The summed E-state index contributed by atoms with van der Waals surface area (Å²) in [5, 5.41) is 3.56. The van der Waals surface area contributed by atoms with Crippen LogP contribution in [-0.2, 0) is 0 Å². The Morgan fingerprint density at radius 3 is 2.33 bits per heavy atom. The maximum atomic E-state index is 11.3. The Balaban J connectivity index is 1.78. The van der Waals surface area contributed by atoms with Crippen LogP contribution < -0.4 is 16.8 Å². The van der Waals surface area contributed by atoms with Gasteiger partial charge in [0.25, 0.3) is 5.91 Å². The molecule has 18 heavy (non-hydrogen) atoms. The van der Waals surface area contributed by atoms with Crippen LogP contribution in [0, 0.1) is 11.8 Å². The van der Waals surface area contributed by atoms with Crippen molar-refractivity contribution in [2.75, 3.05) is 11.1 Å². The highest BCUT2D eigenvalue weighted by Gasteiger charge is 2.41.